The molecular formula is C14H12FNO4S. The van der Waals surface area contributed by atoms with E-state index in [-0.39, 0.29) is 23.8 Å². The van der Waals surface area contributed by atoms with Crippen LogP contribution in [0.4, 0.5) is 10.1 Å². The number of aliphatic hydroxyl groups is 2. The van der Waals surface area contributed by atoms with Gasteiger partial charge in [-0.3, -0.25) is 10.1 Å². The summed E-state index contributed by atoms with van der Waals surface area (Å²) in [6.45, 7) is -0.727. The maximum atomic E-state index is 13.2. The van der Waals surface area contributed by atoms with Gasteiger partial charge in [0.25, 0.3) is 5.69 Å². The Labute approximate surface area is 124 Å². The molecule has 0 aliphatic carbocycles. The Morgan fingerprint density at radius 3 is 2.48 bits per heavy atom. The fourth-order valence-electron chi connectivity index (χ4n) is 1.84. The molecule has 0 aliphatic heterocycles. The average molecular weight is 309 g/mol. The van der Waals surface area contributed by atoms with E-state index in [4.69, 9.17) is 0 Å². The number of aliphatic hydroxyl groups excluding tert-OH is 2. The third-order valence-corrected chi connectivity index (χ3v) is 4.14. The summed E-state index contributed by atoms with van der Waals surface area (Å²) in [5, 5.41) is 29.7. The number of hydrogen-bond donors (Lipinski definition) is 2. The van der Waals surface area contributed by atoms with Gasteiger partial charge in [0.1, 0.15) is 5.82 Å². The van der Waals surface area contributed by atoms with Crippen LogP contribution in [0.1, 0.15) is 11.1 Å². The predicted molar refractivity (Wildman–Crippen MR) is 75.5 cm³/mol. The van der Waals surface area contributed by atoms with E-state index in [1.807, 2.05) is 0 Å². The van der Waals surface area contributed by atoms with Crippen LogP contribution >= 0.6 is 11.8 Å². The van der Waals surface area contributed by atoms with Crippen LogP contribution in [-0.2, 0) is 13.2 Å². The molecule has 0 bridgehead atoms. The number of hydrogen-bond acceptors (Lipinski definition) is 5. The topological polar surface area (TPSA) is 83.6 Å². The molecule has 0 saturated heterocycles. The molecule has 0 aliphatic rings. The first-order chi connectivity index (χ1) is 10.1. The zero-order valence-electron chi connectivity index (χ0n) is 10.8. The van der Waals surface area contributed by atoms with Gasteiger partial charge >= 0.3 is 0 Å². The Morgan fingerprint density at radius 2 is 1.86 bits per heavy atom. The van der Waals surface area contributed by atoms with E-state index in [1.165, 1.54) is 30.3 Å². The van der Waals surface area contributed by atoms with Gasteiger partial charge in [0, 0.05) is 11.0 Å². The minimum absolute atomic E-state index is 0.139. The van der Waals surface area contributed by atoms with Gasteiger partial charge in [0.05, 0.1) is 23.0 Å². The Balaban J connectivity index is 2.50. The molecule has 0 atom stereocenters. The Kier molecular flexibility index (Phi) is 4.89. The molecule has 5 nitrogen and oxygen atoms in total. The van der Waals surface area contributed by atoms with E-state index in [1.54, 1.807) is 6.07 Å². The van der Waals surface area contributed by atoms with Gasteiger partial charge in [0.15, 0.2) is 0 Å². The number of nitrogens with zero attached hydrogens (tertiary/aromatic N) is 1. The number of rotatable bonds is 5. The minimum Gasteiger partial charge on any atom is -0.392 e. The first-order valence-electron chi connectivity index (χ1n) is 6.01. The molecule has 110 valence electrons. The van der Waals surface area contributed by atoms with E-state index in [2.05, 4.69) is 0 Å². The Morgan fingerprint density at radius 1 is 1.14 bits per heavy atom. The molecule has 0 spiro atoms. The highest BCUT2D eigenvalue weighted by molar-refractivity contribution is 7.99. The molecule has 0 radical (unpaired) electrons. The van der Waals surface area contributed by atoms with E-state index in [0.29, 0.717) is 16.0 Å². The highest BCUT2D eigenvalue weighted by Gasteiger charge is 2.19. The smallest absolute Gasteiger partial charge is 0.283 e. The van der Waals surface area contributed by atoms with Gasteiger partial charge < -0.3 is 10.2 Å². The van der Waals surface area contributed by atoms with Crippen molar-refractivity contribution in [1.82, 2.24) is 0 Å². The van der Waals surface area contributed by atoms with Crippen molar-refractivity contribution in [2.45, 2.75) is 23.0 Å². The molecule has 0 unspecified atom stereocenters. The number of nitro benzene ring substituents is 1. The van der Waals surface area contributed by atoms with Crippen molar-refractivity contribution in [2.75, 3.05) is 0 Å². The highest BCUT2D eigenvalue weighted by atomic mass is 32.2. The van der Waals surface area contributed by atoms with Gasteiger partial charge in [-0.2, -0.15) is 0 Å². The van der Waals surface area contributed by atoms with Gasteiger partial charge in [0.2, 0.25) is 0 Å². The zero-order valence-corrected chi connectivity index (χ0v) is 11.6. The Hall–Kier alpha value is -1.96. The van der Waals surface area contributed by atoms with Crippen molar-refractivity contribution in [3.63, 3.8) is 0 Å². The molecule has 0 fully saturated rings. The second kappa shape index (κ2) is 6.66. The summed E-state index contributed by atoms with van der Waals surface area (Å²) in [6.07, 6.45) is 0. The van der Waals surface area contributed by atoms with Crippen LogP contribution in [0.2, 0.25) is 0 Å². The monoisotopic (exact) mass is 309 g/mol. The van der Waals surface area contributed by atoms with E-state index in [9.17, 15) is 24.7 Å². The molecule has 7 heteroatoms. The summed E-state index contributed by atoms with van der Waals surface area (Å²) < 4.78 is 13.2. The lowest BCUT2D eigenvalue weighted by Crippen LogP contribution is -1.97. The summed E-state index contributed by atoms with van der Waals surface area (Å²) in [6, 6.07) is 8.25. The van der Waals surface area contributed by atoms with E-state index >= 15 is 0 Å². The first-order valence-corrected chi connectivity index (χ1v) is 6.82. The maximum absolute atomic E-state index is 13.2. The fourth-order valence-corrected chi connectivity index (χ4v) is 2.96. The molecule has 2 aromatic rings. The second-order valence-corrected chi connectivity index (χ2v) is 5.25. The molecule has 0 heterocycles. The summed E-state index contributed by atoms with van der Waals surface area (Å²) in [5.41, 5.74) is 0.601. The maximum Gasteiger partial charge on any atom is 0.283 e. The van der Waals surface area contributed by atoms with Gasteiger partial charge in [-0.1, -0.05) is 23.9 Å². The largest absolute Gasteiger partial charge is 0.392 e. The molecule has 0 amide bonds. The van der Waals surface area contributed by atoms with Crippen LogP contribution in [0.3, 0.4) is 0 Å². The number of nitro groups is 1. The molecule has 2 aromatic carbocycles. The summed E-state index contributed by atoms with van der Waals surface area (Å²) >= 11 is 1.03. The fraction of sp³-hybridized carbons (Fsp3) is 0.143. The minimum atomic E-state index is -0.538. The van der Waals surface area contributed by atoms with Gasteiger partial charge in [-0.05, 0) is 29.3 Å². The standard InChI is InChI=1S/C14H12FNO4S/c15-11-4-5-13(10(6-11)8-18)21-14-9(7-17)2-1-3-12(14)16(19)20/h1-6,17-18H,7-8H2. The molecule has 2 rings (SSSR count). The average Bonchev–Trinajstić information content (AvgIpc) is 2.48. The van der Waals surface area contributed by atoms with Crippen molar-refractivity contribution in [3.05, 3.63) is 63.5 Å². The van der Waals surface area contributed by atoms with Gasteiger partial charge in [-0.15, -0.1) is 0 Å². The molecule has 2 N–H and O–H groups in total. The molecular weight excluding hydrogens is 297 g/mol. The third-order valence-electron chi connectivity index (χ3n) is 2.85. The summed E-state index contributed by atoms with van der Waals surface area (Å²) in [7, 11) is 0. The van der Waals surface area contributed by atoms with Crippen molar-refractivity contribution < 1.29 is 19.5 Å². The quantitative estimate of drug-likeness (QED) is 0.655. The van der Waals surface area contributed by atoms with E-state index < -0.39 is 10.7 Å². The Bertz CT molecular complexity index is 678. The first kappa shape index (κ1) is 15.4. The third kappa shape index (κ3) is 3.38. The van der Waals surface area contributed by atoms with Crippen LogP contribution in [0.15, 0.2) is 46.2 Å². The molecule has 0 saturated carbocycles. The summed E-state index contributed by atoms with van der Waals surface area (Å²) in [4.78, 5) is 11.3. The molecule has 0 aromatic heterocycles. The normalized spacial score (nSPS) is 10.6. The second-order valence-electron chi connectivity index (χ2n) is 4.19. The summed E-state index contributed by atoms with van der Waals surface area (Å²) in [5.74, 6) is -0.492. The van der Waals surface area contributed by atoms with Crippen molar-refractivity contribution >= 4 is 17.4 Å². The van der Waals surface area contributed by atoms with Gasteiger partial charge in [-0.25, -0.2) is 4.39 Å². The number of halogens is 1. The van der Waals surface area contributed by atoms with Crippen molar-refractivity contribution in [2.24, 2.45) is 0 Å². The van der Waals surface area contributed by atoms with Crippen LogP contribution < -0.4 is 0 Å². The lowest BCUT2D eigenvalue weighted by molar-refractivity contribution is -0.387. The van der Waals surface area contributed by atoms with Crippen LogP contribution in [0.5, 0.6) is 0 Å². The predicted octanol–water partition coefficient (Wildman–Crippen LogP) is 2.87. The SMILES string of the molecule is O=[N+]([O-])c1cccc(CO)c1Sc1ccc(F)cc1CO. The van der Waals surface area contributed by atoms with Crippen molar-refractivity contribution in [1.29, 1.82) is 0 Å². The highest BCUT2D eigenvalue weighted by Crippen LogP contribution is 2.39. The van der Waals surface area contributed by atoms with Crippen molar-refractivity contribution in [3.8, 4) is 0 Å². The number of benzene rings is 2. The van der Waals surface area contributed by atoms with Crippen LogP contribution in [0, 0.1) is 15.9 Å². The van der Waals surface area contributed by atoms with Crippen LogP contribution in [0.25, 0.3) is 0 Å². The van der Waals surface area contributed by atoms with E-state index in [0.717, 1.165) is 11.8 Å². The molecule has 21 heavy (non-hydrogen) atoms. The zero-order chi connectivity index (χ0) is 15.4. The lowest BCUT2D eigenvalue weighted by atomic mass is 10.2. The lowest BCUT2D eigenvalue weighted by Gasteiger charge is -2.10. The van der Waals surface area contributed by atoms with Crippen LogP contribution in [-0.4, -0.2) is 15.1 Å².